The Balaban J connectivity index is 1.57. The van der Waals surface area contributed by atoms with Gasteiger partial charge in [-0.15, -0.1) is 0 Å². The predicted octanol–water partition coefficient (Wildman–Crippen LogP) is 1.28. The number of carbonyl (C=O) groups is 3. The standard InChI is InChI=1S/C14H16N2O5/c17-12-9-16(14(19)21-12)8-4-7-15-13(18)20-10-11-5-2-1-3-6-11/h1-3,5-6H,4,7-10H2,(H,15,18). The van der Waals surface area contributed by atoms with E-state index in [1.807, 2.05) is 30.3 Å². The number of nitrogens with zero attached hydrogens (tertiary/aromatic N) is 1. The lowest BCUT2D eigenvalue weighted by Gasteiger charge is -2.11. The van der Waals surface area contributed by atoms with Crippen LogP contribution >= 0.6 is 0 Å². The minimum Gasteiger partial charge on any atom is -0.445 e. The Morgan fingerprint density at radius 3 is 2.71 bits per heavy atom. The van der Waals surface area contributed by atoms with Crippen LogP contribution in [0.4, 0.5) is 9.59 Å². The number of ether oxygens (including phenoxy) is 2. The quantitative estimate of drug-likeness (QED) is 0.485. The van der Waals surface area contributed by atoms with Gasteiger partial charge in [0.1, 0.15) is 13.2 Å². The normalized spacial score (nSPS) is 14.0. The number of nitrogens with one attached hydrogen (secondary N) is 1. The molecule has 1 aliphatic heterocycles. The Kier molecular flexibility index (Phi) is 5.14. The van der Waals surface area contributed by atoms with Gasteiger partial charge < -0.3 is 14.8 Å². The number of hydrogen-bond donors (Lipinski definition) is 1. The SMILES string of the molecule is O=C1CN(CCCNC(=O)OCc2ccccc2)C(=O)O1. The van der Waals surface area contributed by atoms with Gasteiger partial charge in [0.25, 0.3) is 0 Å². The van der Waals surface area contributed by atoms with Crippen molar-refractivity contribution in [2.24, 2.45) is 0 Å². The first-order valence-corrected chi connectivity index (χ1v) is 6.59. The van der Waals surface area contributed by atoms with E-state index in [1.165, 1.54) is 4.90 Å². The van der Waals surface area contributed by atoms with Crippen molar-refractivity contribution in [1.82, 2.24) is 10.2 Å². The summed E-state index contributed by atoms with van der Waals surface area (Å²) in [6.45, 7) is 0.881. The first kappa shape index (κ1) is 14.8. The molecule has 1 N–H and O–H groups in total. The first-order chi connectivity index (χ1) is 10.1. The zero-order valence-corrected chi connectivity index (χ0v) is 11.4. The summed E-state index contributed by atoms with van der Waals surface area (Å²) in [4.78, 5) is 34.7. The second-order valence-corrected chi connectivity index (χ2v) is 4.50. The molecule has 1 saturated heterocycles. The molecular formula is C14H16N2O5. The highest BCUT2D eigenvalue weighted by molar-refractivity contribution is 5.92. The molecule has 2 rings (SSSR count). The van der Waals surface area contributed by atoms with Crippen LogP contribution < -0.4 is 5.32 Å². The van der Waals surface area contributed by atoms with Crippen molar-refractivity contribution in [3.8, 4) is 0 Å². The van der Waals surface area contributed by atoms with Gasteiger partial charge in [-0.25, -0.2) is 14.4 Å². The smallest absolute Gasteiger partial charge is 0.418 e. The van der Waals surface area contributed by atoms with Crippen LogP contribution in [0.5, 0.6) is 0 Å². The molecular weight excluding hydrogens is 276 g/mol. The molecule has 112 valence electrons. The largest absolute Gasteiger partial charge is 0.445 e. The molecule has 2 amide bonds. The van der Waals surface area contributed by atoms with Gasteiger partial charge in [0.05, 0.1) is 0 Å². The van der Waals surface area contributed by atoms with Gasteiger partial charge in [-0.3, -0.25) is 4.90 Å². The number of cyclic esters (lactones) is 2. The van der Waals surface area contributed by atoms with Gasteiger partial charge in [0.15, 0.2) is 0 Å². The molecule has 1 aromatic rings. The lowest BCUT2D eigenvalue weighted by atomic mass is 10.2. The molecule has 1 aliphatic rings. The molecule has 1 heterocycles. The van der Waals surface area contributed by atoms with E-state index in [4.69, 9.17) is 4.74 Å². The highest BCUT2D eigenvalue weighted by Crippen LogP contribution is 2.05. The van der Waals surface area contributed by atoms with E-state index in [0.717, 1.165) is 5.56 Å². The maximum absolute atomic E-state index is 11.4. The summed E-state index contributed by atoms with van der Waals surface area (Å²) in [7, 11) is 0. The molecule has 0 saturated carbocycles. The zero-order chi connectivity index (χ0) is 15.1. The number of esters is 1. The van der Waals surface area contributed by atoms with Crippen LogP contribution in [0, 0.1) is 0 Å². The van der Waals surface area contributed by atoms with Crippen molar-refractivity contribution in [2.75, 3.05) is 19.6 Å². The molecule has 1 aromatic carbocycles. The van der Waals surface area contributed by atoms with Crippen molar-refractivity contribution in [2.45, 2.75) is 13.0 Å². The van der Waals surface area contributed by atoms with Gasteiger partial charge in [0.2, 0.25) is 0 Å². The summed E-state index contributed by atoms with van der Waals surface area (Å²) in [5.41, 5.74) is 0.908. The third kappa shape index (κ3) is 4.79. The second-order valence-electron chi connectivity index (χ2n) is 4.50. The monoisotopic (exact) mass is 292 g/mol. The summed E-state index contributed by atoms with van der Waals surface area (Å²) in [6, 6.07) is 9.35. The summed E-state index contributed by atoms with van der Waals surface area (Å²) >= 11 is 0. The summed E-state index contributed by atoms with van der Waals surface area (Å²) in [5.74, 6) is -0.546. The lowest BCUT2D eigenvalue weighted by Crippen LogP contribution is -2.30. The van der Waals surface area contributed by atoms with Crippen molar-refractivity contribution >= 4 is 18.2 Å². The molecule has 0 bridgehead atoms. The number of benzene rings is 1. The molecule has 0 aliphatic carbocycles. The third-order valence-corrected chi connectivity index (χ3v) is 2.87. The fourth-order valence-electron chi connectivity index (χ4n) is 1.82. The number of hydrogen-bond acceptors (Lipinski definition) is 5. The molecule has 0 aromatic heterocycles. The average Bonchev–Trinajstić information content (AvgIpc) is 2.80. The van der Waals surface area contributed by atoms with Crippen LogP contribution in [0.25, 0.3) is 0 Å². The average molecular weight is 292 g/mol. The molecule has 1 fully saturated rings. The van der Waals surface area contributed by atoms with E-state index in [1.54, 1.807) is 0 Å². The van der Waals surface area contributed by atoms with Gasteiger partial charge in [-0.1, -0.05) is 30.3 Å². The van der Waals surface area contributed by atoms with Gasteiger partial charge in [-0.2, -0.15) is 0 Å². The lowest BCUT2D eigenvalue weighted by molar-refractivity contribution is -0.132. The van der Waals surface area contributed by atoms with Gasteiger partial charge in [-0.05, 0) is 12.0 Å². The van der Waals surface area contributed by atoms with Gasteiger partial charge >= 0.3 is 18.2 Å². The topological polar surface area (TPSA) is 84.9 Å². The third-order valence-electron chi connectivity index (χ3n) is 2.87. The van der Waals surface area contributed by atoms with Gasteiger partial charge in [0, 0.05) is 13.1 Å². The summed E-state index contributed by atoms with van der Waals surface area (Å²) in [6.07, 6.45) is -0.631. The van der Waals surface area contributed by atoms with E-state index in [9.17, 15) is 14.4 Å². The van der Waals surface area contributed by atoms with E-state index < -0.39 is 18.2 Å². The Morgan fingerprint density at radius 1 is 1.29 bits per heavy atom. The minimum absolute atomic E-state index is 0.0305. The van der Waals surface area contributed by atoms with Crippen molar-refractivity contribution in [1.29, 1.82) is 0 Å². The van der Waals surface area contributed by atoms with E-state index in [2.05, 4.69) is 10.1 Å². The molecule has 0 unspecified atom stereocenters. The first-order valence-electron chi connectivity index (χ1n) is 6.59. The molecule has 0 radical (unpaired) electrons. The highest BCUT2D eigenvalue weighted by Gasteiger charge is 2.28. The summed E-state index contributed by atoms with van der Waals surface area (Å²) < 4.78 is 9.40. The summed E-state index contributed by atoms with van der Waals surface area (Å²) in [5, 5.41) is 2.58. The highest BCUT2D eigenvalue weighted by atomic mass is 16.6. The molecule has 7 nitrogen and oxygen atoms in total. The fourth-order valence-corrected chi connectivity index (χ4v) is 1.82. The van der Waals surface area contributed by atoms with Crippen LogP contribution in [-0.4, -0.2) is 42.7 Å². The zero-order valence-electron chi connectivity index (χ0n) is 11.4. The second kappa shape index (κ2) is 7.28. The Labute approximate surface area is 121 Å². The number of amides is 2. The van der Waals surface area contributed by atoms with Crippen LogP contribution in [0.15, 0.2) is 30.3 Å². The van der Waals surface area contributed by atoms with Crippen molar-refractivity contribution < 1.29 is 23.9 Å². The molecule has 21 heavy (non-hydrogen) atoms. The number of rotatable bonds is 6. The van der Waals surface area contributed by atoms with Crippen LogP contribution in [0.1, 0.15) is 12.0 Å². The fraction of sp³-hybridized carbons (Fsp3) is 0.357. The van der Waals surface area contributed by atoms with E-state index >= 15 is 0 Å². The van der Waals surface area contributed by atoms with Crippen LogP contribution in [-0.2, 0) is 20.9 Å². The van der Waals surface area contributed by atoms with E-state index in [0.29, 0.717) is 19.5 Å². The Hall–Kier alpha value is -2.57. The molecule has 0 atom stereocenters. The van der Waals surface area contributed by atoms with Crippen molar-refractivity contribution in [3.63, 3.8) is 0 Å². The minimum atomic E-state index is -0.633. The van der Waals surface area contributed by atoms with Crippen LogP contribution in [0.2, 0.25) is 0 Å². The van der Waals surface area contributed by atoms with E-state index in [-0.39, 0.29) is 13.2 Å². The van der Waals surface area contributed by atoms with Crippen LogP contribution in [0.3, 0.4) is 0 Å². The maximum atomic E-state index is 11.4. The predicted molar refractivity (Wildman–Crippen MR) is 72.3 cm³/mol. The maximum Gasteiger partial charge on any atom is 0.418 e. The Morgan fingerprint density at radius 2 is 2.05 bits per heavy atom. The Bertz CT molecular complexity index is 517. The molecule has 0 spiro atoms. The molecule has 7 heteroatoms. The van der Waals surface area contributed by atoms with Crippen molar-refractivity contribution in [3.05, 3.63) is 35.9 Å². The number of alkyl carbamates (subject to hydrolysis) is 1. The number of carbonyl (C=O) groups excluding carboxylic acids is 3.